The van der Waals surface area contributed by atoms with Crippen molar-refractivity contribution in [3.05, 3.63) is 59.7 Å². The molecule has 2 aromatic carbocycles. The topological polar surface area (TPSA) is 96.5 Å². The third-order valence-electron chi connectivity index (χ3n) is 3.88. The van der Waals surface area contributed by atoms with E-state index in [9.17, 15) is 4.79 Å². The maximum Gasteiger partial charge on any atom is 0.234 e. The van der Waals surface area contributed by atoms with E-state index in [-0.39, 0.29) is 11.7 Å². The smallest absolute Gasteiger partial charge is 0.234 e. The second kappa shape index (κ2) is 8.47. The zero-order valence-corrected chi connectivity index (χ0v) is 15.8. The van der Waals surface area contributed by atoms with Crippen molar-refractivity contribution >= 4 is 23.4 Å². The van der Waals surface area contributed by atoms with Gasteiger partial charge in [-0.3, -0.25) is 4.79 Å². The standard InChI is InChI=1S/C19H18N6OS/c1-13(2)15-5-9-17(10-6-15)25-19(22-23-24-25)27-12-18(26)21-16-7-3-14(11-20)4-8-16/h3-10,13H,12H2,1-2H3,(H,21,26). The van der Waals surface area contributed by atoms with E-state index in [1.807, 2.05) is 30.3 Å². The van der Waals surface area contributed by atoms with E-state index < -0.39 is 0 Å². The van der Waals surface area contributed by atoms with E-state index in [0.717, 1.165) is 5.69 Å². The van der Waals surface area contributed by atoms with E-state index in [0.29, 0.717) is 22.3 Å². The van der Waals surface area contributed by atoms with Crippen LogP contribution in [0.4, 0.5) is 5.69 Å². The minimum Gasteiger partial charge on any atom is -0.325 e. The SMILES string of the molecule is CC(C)c1ccc(-n2nnnc2SCC(=O)Nc2ccc(C#N)cc2)cc1. The van der Waals surface area contributed by atoms with E-state index in [2.05, 4.69) is 34.7 Å². The monoisotopic (exact) mass is 378 g/mol. The van der Waals surface area contributed by atoms with Gasteiger partial charge in [0.2, 0.25) is 11.1 Å². The average molecular weight is 378 g/mol. The van der Waals surface area contributed by atoms with Crippen molar-refractivity contribution in [2.45, 2.75) is 24.9 Å². The van der Waals surface area contributed by atoms with Crippen molar-refractivity contribution in [1.82, 2.24) is 20.2 Å². The van der Waals surface area contributed by atoms with Crippen LogP contribution < -0.4 is 5.32 Å². The van der Waals surface area contributed by atoms with Crippen LogP contribution in [0.3, 0.4) is 0 Å². The molecule has 0 aliphatic rings. The summed E-state index contributed by atoms with van der Waals surface area (Å²) < 4.78 is 1.61. The van der Waals surface area contributed by atoms with Gasteiger partial charge in [-0.25, -0.2) is 0 Å². The highest BCUT2D eigenvalue weighted by Gasteiger charge is 2.12. The van der Waals surface area contributed by atoms with Crippen molar-refractivity contribution in [1.29, 1.82) is 5.26 Å². The summed E-state index contributed by atoms with van der Waals surface area (Å²) in [5, 5.41) is 23.9. The Labute approximate surface area is 161 Å². The second-order valence-corrected chi connectivity index (χ2v) is 7.09. The first-order chi connectivity index (χ1) is 13.1. The van der Waals surface area contributed by atoms with Crippen LogP contribution >= 0.6 is 11.8 Å². The zero-order valence-electron chi connectivity index (χ0n) is 15.0. The molecule has 0 fully saturated rings. The fourth-order valence-corrected chi connectivity index (χ4v) is 3.08. The lowest BCUT2D eigenvalue weighted by molar-refractivity contribution is -0.113. The summed E-state index contributed by atoms with van der Waals surface area (Å²) >= 11 is 1.26. The van der Waals surface area contributed by atoms with Gasteiger partial charge in [-0.15, -0.1) is 5.10 Å². The summed E-state index contributed by atoms with van der Waals surface area (Å²) in [6.45, 7) is 4.28. The number of hydrogen-bond donors (Lipinski definition) is 1. The summed E-state index contributed by atoms with van der Waals surface area (Å²) in [6, 6.07) is 16.8. The van der Waals surface area contributed by atoms with Crippen molar-refractivity contribution in [3.8, 4) is 11.8 Å². The van der Waals surface area contributed by atoms with Gasteiger partial charge in [0.25, 0.3) is 0 Å². The predicted molar refractivity (Wildman–Crippen MR) is 104 cm³/mol. The highest BCUT2D eigenvalue weighted by Crippen LogP contribution is 2.21. The number of aromatic nitrogens is 4. The van der Waals surface area contributed by atoms with Crippen LogP contribution in [0.25, 0.3) is 5.69 Å². The van der Waals surface area contributed by atoms with Gasteiger partial charge in [0, 0.05) is 5.69 Å². The first kappa shape index (κ1) is 18.6. The molecule has 0 bridgehead atoms. The average Bonchev–Trinajstić information content (AvgIpc) is 3.15. The van der Waals surface area contributed by atoms with Gasteiger partial charge in [0.1, 0.15) is 0 Å². The van der Waals surface area contributed by atoms with Gasteiger partial charge in [-0.1, -0.05) is 37.7 Å². The van der Waals surface area contributed by atoms with Gasteiger partial charge in [-0.2, -0.15) is 9.94 Å². The van der Waals surface area contributed by atoms with Crippen molar-refractivity contribution in [3.63, 3.8) is 0 Å². The molecule has 136 valence electrons. The number of nitriles is 1. The third kappa shape index (κ3) is 4.71. The number of benzene rings is 2. The molecule has 0 unspecified atom stereocenters. The third-order valence-corrected chi connectivity index (χ3v) is 4.79. The summed E-state index contributed by atoms with van der Waals surface area (Å²) in [5.74, 6) is 0.451. The van der Waals surface area contributed by atoms with Gasteiger partial charge in [0.05, 0.1) is 23.1 Å². The maximum absolute atomic E-state index is 12.2. The molecule has 3 rings (SSSR count). The lowest BCUT2D eigenvalue weighted by Gasteiger charge is -2.08. The molecule has 0 aliphatic carbocycles. The minimum absolute atomic E-state index is 0.171. The first-order valence-corrected chi connectivity index (χ1v) is 9.37. The Bertz CT molecular complexity index is 957. The van der Waals surface area contributed by atoms with Crippen LogP contribution in [0.1, 0.15) is 30.9 Å². The van der Waals surface area contributed by atoms with Crippen molar-refractivity contribution in [2.24, 2.45) is 0 Å². The number of carbonyl (C=O) groups is 1. The van der Waals surface area contributed by atoms with Crippen molar-refractivity contribution in [2.75, 3.05) is 11.1 Å². The molecule has 1 N–H and O–H groups in total. The highest BCUT2D eigenvalue weighted by molar-refractivity contribution is 7.99. The Morgan fingerprint density at radius 1 is 1.19 bits per heavy atom. The molecule has 1 amide bonds. The lowest BCUT2D eigenvalue weighted by atomic mass is 10.0. The molecule has 0 radical (unpaired) electrons. The quantitative estimate of drug-likeness (QED) is 0.661. The summed E-state index contributed by atoms with van der Waals surface area (Å²) in [5.41, 5.74) is 3.27. The number of amides is 1. The fraction of sp³-hybridized carbons (Fsp3) is 0.211. The Morgan fingerprint density at radius 3 is 2.52 bits per heavy atom. The molecule has 0 saturated carbocycles. The van der Waals surface area contributed by atoms with Gasteiger partial charge >= 0.3 is 0 Å². The molecule has 0 aliphatic heterocycles. The number of anilines is 1. The van der Waals surface area contributed by atoms with Gasteiger partial charge < -0.3 is 5.32 Å². The molecule has 27 heavy (non-hydrogen) atoms. The Hall–Kier alpha value is -3.18. The zero-order chi connectivity index (χ0) is 19.2. The largest absolute Gasteiger partial charge is 0.325 e. The van der Waals surface area contributed by atoms with Crippen LogP contribution in [0.15, 0.2) is 53.7 Å². The molecule has 7 nitrogen and oxygen atoms in total. The van der Waals surface area contributed by atoms with Gasteiger partial charge in [-0.05, 0) is 58.3 Å². The predicted octanol–water partition coefficient (Wildman–Crippen LogP) is 3.39. The number of thioether (sulfide) groups is 1. The second-order valence-electron chi connectivity index (χ2n) is 6.15. The number of tetrazole rings is 1. The minimum atomic E-state index is -0.172. The Morgan fingerprint density at radius 2 is 1.89 bits per heavy atom. The number of nitrogens with zero attached hydrogens (tertiary/aromatic N) is 5. The molecular weight excluding hydrogens is 360 g/mol. The molecule has 1 aromatic heterocycles. The molecule has 0 atom stereocenters. The van der Waals surface area contributed by atoms with Crippen LogP contribution in [-0.4, -0.2) is 31.9 Å². The normalized spacial score (nSPS) is 10.6. The summed E-state index contributed by atoms with van der Waals surface area (Å²) in [6.07, 6.45) is 0. The number of nitrogens with one attached hydrogen (secondary N) is 1. The van der Waals surface area contributed by atoms with Crippen LogP contribution in [0.2, 0.25) is 0 Å². The molecule has 3 aromatic rings. The molecule has 0 spiro atoms. The number of hydrogen-bond acceptors (Lipinski definition) is 6. The highest BCUT2D eigenvalue weighted by atomic mass is 32.2. The molecule has 8 heteroatoms. The molecular formula is C19H18N6OS. The molecule has 1 heterocycles. The Kier molecular flexibility index (Phi) is 5.84. The molecule has 0 saturated heterocycles. The first-order valence-electron chi connectivity index (χ1n) is 8.38. The Balaban J connectivity index is 1.62. The van der Waals surface area contributed by atoms with Crippen LogP contribution in [0.5, 0.6) is 0 Å². The van der Waals surface area contributed by atoms with Gasteiger partial charge in [0.15, 0.2) is 0 Å². The van der Waals surface area contributed by atoms with E-state index in [1.165, 1.54) is 17.3 Å². The summed E-state index contributed by atoms with van der Waals surface area (Å²) in [4.78, 5) is 12.2. The lowest BCUT2D eigenvalue weighted by Crippen LogP contribution is -2.14. The van der Waals surface area contributed by atoms with Crippen LogP contribution in [0, 0.1) is 11.3 Å². The maximum atomic E-state index is 12.2. The van der Waals surface area contributed by atoms with E-state index in [4.69, 9.17) is 5.26 Å². The number of rotatable bonds is 6. The van der Waals surface area contributed by atoms with E-state index >= 15 is 0 Å². The summed E-state index contributed by atoms with van der Waals surface area (Å²) in [7, 11) is 0. The fourth-order valence-electron chi connectivity index (χ4n) is 2.39. The van der Waals surface area contributed by atoms with Crippen LogP contribution in [-0.2, 0) is 4.79 Å². The number of carbonyl (C=O) groups excluding carboxylic acids is 1. The van der Waals surface area contributed by atoms with E-state index in [1.54, 1.807) is 28.9 Å². The van der Waals surface area contributed by atoms with Crippen molar-refractivity contribution < 1.29 is 4.79 Å².